The van der Waals surface area contributed by atoms with E-state index in [1.54, 1.807) is 31.5 Å². The van der Waals surface area contributed by atoms with E-state index in [2.05, 4.69) is 15.1 Å². The average molecular weight is 531 g/mol. The Labute approximate surface area is 223 Å². The van der Waals surface area contributed by atoms with Crippen LogP contribution in [-0.4, -0.2) is 43.1 Å². The van der Waals surface area contributed by atoms with Gasteiger partial charge >= 0.3 is 0 Å². The van der Waals surface area contributed by atoms with Crippen LogP contribution in [0, 0.1) is 13.8 Å². The molecular weight excluding hydrogens is 500 g/mol. The molecule has 0 saturated heterocycles. The van der Waals surface area contributed by atoms with Gasteiger partial charge in [0.15, 0.2) is 0 Å². The van der Waals surface area contributed by atoms with Gasteiger partial charge in [0.25, 0.3) is 5.91 Å². The summed E-state index contributed by atoms with van der Waals surface area (Å²) in [6.45, 7) is 3.63. The van der Waals surface area contributed by atoms with Crippen molar-refractivity contribution in [3.63, 3.8) is 0 Å². The number of carbonyl (C=O) groups is 1. The van der Waals surface area contributed by atoms with Crippen molar-refractivity contribution in [2.75, 3.05) is 13.7 Å². The predicted molar refractivity (Wildman–Crippen MR) is 148 cm³/mol. The predicted octanol–water partition coefficient (Wildman–Crippen LogP) is 4.44. The summed E-state index contributed by atoms with van der Waals surface area (Å²) >= 11 is 0. The molecule has 8 nitrogen and oxygen atoms in total. The van der Waals surface area contributed by atoms with Crippen LogP contribution in [0.1, 0.15) is 22.5 Å². The molecule has 0 unspecified atom stereocenters. The van der Waals surface area contributed by atoms with Gasteiger partial charge in [-0.25, -0.2) is 13.8 Å². The van der Waals surface area contributed by atoms with Crippen LogP contribution in [0.5, 0.6) is 5.75 Å². The standard InChI is InChI=1S/C29H30N4O4S/c1-22-18-25(23(2)33(22)26-14-16-27(37-3)17-15-26)19-30-31-29(34)21-32(20-24-10-6-4-7-11-24)38(35,36)28-12-8-5-9-13-28/h4-19H,20-21H2,1-3H3,(H,31,34)/b30-19-. The minimum Gasteiger partial charge on any atom is -0.497 e. The van der Waals surface area contributed by atoms with E-state index >= 15 is 0 Å². The first-order valence-electron chi connectivity index (χ1n) is 12.0. The van der Waals surface area contributed by atoms with Gasteiger partial charge in [-0.1, -0.05) is 48.5 Å². The number of nitrogens with zero attached hydrogens (tertiary/aromatic N) is 3. The lowest BCUT2D eigenvalue weighted by atomic mass is 10.2. The van der Waals surface area contributed by atoms with Crippen molar-refractivity contribution in [3.8, 4) is 11.4 Å². The molecule has 9 heteroatoms. The second kappa shape index (κ2) is 11.9. The van der Waals surface area contributed by atoms with Crippen molar-refractivity contribution >= 4 is 22.1 Å². The zero-order valence-corrected chi connectivity index (χ0v) is 22.4. The fourth-order valence-electron chi connectivity index (χ4n) is 4.17. The molecule has 0 spiro atoms. The first-order chi connectivity index (χ1) is 18.3. The summed E-state index contributed by atoms with van der Waals surface area (Å²) in [6, 6.07) is 26.9. The Morgan fingerprint density at radius 1 is 0.974 bits per heavy atom. The number of carbonyl (C=O) groups excluding carboxylic acids is 1. The average Bonchev–Trinajstić information content (AvgIpc) is 3.21. The molecule has 0 aliphatic rings. The molecule has 0 aliphatic heterocycles. The van der Waals surface area contributed by atoms with E-state index in [1.807, 2.05) is 74.5 Å². The normalized spacial score (nSPS) is 11.7. The fourth-order valence-corrected chi connectivity index (χ4v) is 5.58. The third-order valence-electron chi connectivity index (χ3n) is 6.10. The van der Waals surface area contributed by atoms with E-state index in [0.717, 1.165) is 38.3 Å². The van der Waals surface area contributed by atoms with Gasteiger partial charge in [0.1, 0.15) is 5.75 Å². The zero-order chi connectivity index (χ0) is 27.1. The van der Waals surface area contributed by atoms with Gasteiger partial charge in [0, 0.05) is 29.2 Å². The van der Waals surface area contributed by atoms with Crippen LogP contribution >= 0.6 is 0 Å². The lowest BCUT2D eigenvalue weighted by molar-refractivity contribution is -0.121. The summed E-state index contributed by atoms with van der Waals surface area (Å²) in [4.78, 5) is 12.9. The lowest BCUT2D eigenvalue weighted by Gasteiger charge is -2.21. The summed E-state index contributed by atoms with van der Waals surface area (Å²) in [7, 11) is -2.28. The van der Waals surface area contributed by atoms with E-state index in [0.29, 0.717) is 0 Å². The molecule has 1 amide bonds. The van der Waals surface area contributed by atoms with Crippen LogP contribution in [-0.2, 0) is 21.4 Å². The molecule has 0 saturated carbocycles. The van der Waals surface area contributed by atoms with E-state index in [-0.39, 0.29) is 18.0 Å². The molecule has 3 aromatic carbocycles. The first kappa shape index (κ1) is 26.8. The smallest absolute Gasteiger partial charge is 0.255 e. The quantitative estimate of drug-likeness (QED) is 0.242. The highest BCUT2D eigenvalue weighted by molar-refractivity contribution is 7.89. The van der Waals surface area contributed by atoms with Crippen molar-refractivity contribution in [1.82, 2.24) is 14.3 Å². The summed E-state index contributed by atoms with van der Waals surface area (Å²) in [6.07, 6.45) is 1.56. The van der Waals surface area contributed by atoms with Gasteiger partial charge in [0.05, 0.1) is 24.8 Å². The fraction of sp³-hybridized carbons (Fsp3) is 0.172. The molecule has 1 aromatic heterocycles. The number of methoxy groups -OCH3 is 1. The van der Waals surface area contributed by atoms with Crippen LogP contribution in [0.15, 0.2) is 101 Å². The molecule has 1 N–H and O–H groups in total. The number of hydrogen-bond donors (Lipinski definition) is 1. The van der Waals surface area contributed by atoms with Crippen molar-refractivity contribution in [1.29, 1.82) is 0 Å². The number of sulfonamides is 1. The number of nitrogens with one attached hydrogen (secondary N) is 1. The lowest BCUT2D eigenvalue weighted by Crippen LogP contribution is -2.39. The number of rotatable bonds is 10. The van der Waals surface area contributed by atoms with Gasteiger partial charge < -0.3 is 9.30 Å². The van der Waals surface area contributed by atoms with Crippen molar-refractivity contribution < 1.29 is 17.9 Å². The maximum absolute atomic E-state index is 13.3. The molecule has 4 aromatic rings. The molecule has 196 valence electrons. The van der Waals surface area contributed by atoms with E-state index in [9.17, 15) is 13.2 Å². The van der Waals surface area contributed by atoms with Crippen molar-refractivity contribution in [2.45, 2.75) is 25.3 Å². The summed E-state index contributed by atoms with van der Waals surface area (Å²) in [5.74, 6) is 0.233. The minimum atomic E-state index is -3.91. The molecule has 0 bridgehead atoms. The Bertz CT molecular complexity index is 1510. The number of hydrazone groups is 1. The third kappa shape index (κ3) is 6.19. The molecule has 4 rings (SSSR count). The Hall–Kier alpha value is -4.21. The highest BCUT2D eigenvalue weighted by Gasteiger charge is 2.26. The van der Waals surface area contributed by atoms with E-state index in [4.69, 9.17) is 4.74 Å². The topological polar surface area (TPSA) is 93.0 Å². The largest absolute Gasteiger partial charge is 0.497 e. The molecular formula is C29H30N4O4S. The zero-order valence-electron chi connectivity index (χ0n) is 21.5. The number of aryl methyl sites for hydroxylation is 1. The van der Waals surface area contributed by atoms with Gasteiger partial charge in [-0.15, -0.1) is 0 Å². The highest BCUT2D eigenvalue weighted by atomic mass is 32.2. The Morgan fingerprint density at radius 2 is 1.61 bits per heavy atom. The van der Waals surface area contributed by atoms with Crippen LogP contribution in [0.25, 0.3) is 5.69 Å². The van der Waals surface area contributed by atoms with Crippen LogP contribution in [0.3, 0.4) is 0 Å². The minimum absolute atomic E-state index is 0.0538. The van der Waals surface area contributed by atoms with Crippen molar-refractivity contribution in [3.05, 3.63) is 114 Å². The second-order valence-electron chi connectivity index (χ2n) is 8.72. The Kier molecular flexibility index (Phi) is 8.40. The monoisotopic (exact) mass is 530 g/mol. The van der Waals surface area contributed by atoms with Crippen LogP contribution in [0.4, 0.5) is 0 Å². The van der Waals surface area contributed by atoms with Gasteiger partial charge in [-0.3, -0.25) is 4.79 Å². The summed E-state index contributed by atoms with van der Waals surface area (Å²) < 4.78 is 35.1. The van der Waals surface area contributed by atoms with E-state index in [1.165, 1.54) is 12.1 Å². The molecule has 0 radical (unpaired) electrons. The number of benzene rings is 3. The van der Waals surface area contributed by atoms with Gasteiger partial charge in [0.2, 0.25) is 10.0 Å². The molecule has 38 heavy (non-hydrogen) atoms. The Morgan fingerprint density at radius 3 is 2.24 bits per heavy atom. The second-order valence-corrected chi connectivity index (χ2v) is 10.7. The molecule has 0 fully saturated rings. The maximum atomic E-state index is 13.3. The summed E-state index contributed by atoms with van der Waals surface area (Å²) in [5.41, 5.74) is 7.01. The molecule has 0 atom stereocenters. The van der Waals surface area contributed by atoms with Crippen molar-refractivity contribution in [2.24, 2.45) is 5.10 Å². The molecule has 1 heterocycles. The first-order valence-corrected chi connectivity index (χ1v) is 13.5. The van der Waals surface area contributed by atoms with Gasteiger partial charge in [-0.05, 0) is 61.9 Å². The number of ether oxygens (including phenoxy) is 1. The van der Waals surface area contributed by atoms with E-state index < -0.39 is 15.9 Å². The van der Waals surface area contributed by atoms with Crippen LogP contribution < -0.4 is 10.2 Å². The number of amides is 1. The maximum Gasteiger partial charge on any atom is 0.255 e. The Balaban J connectivity index is 1.49. The number of aromatic nitrogens is 1. The summed E-state index contributed by atoms with van der Waals surface area (Å²) in [5, 5.41) is 4.11. The third-order valence-corrected chi connectivity index (χ3v) is 7.90. The van der Waals surface area contributed by atoms with Gasteiger partial charge in [-0.2, -0.15) is 9.41 Å². The van der Waals surface area contributed by atoms with Crippen LogP contribution in [0.2, 0.25) is 0 Å². The highest BCUT2D eigenvalue weighted by Crippen LogP contribution is 2.22. The molecule has 0 aliphatic carbocycles. The SMILES string of the molecule is COc1ccc(-n2c(C)cc(/C=N\NC(=O)CN(Cc3ccccc3)S(=O)(=O)c3ccccc3)c2C)cc1. The number of hydrogen-bond acceptors (Lipinski definition) is 5.